The molecule has 2 aromatic carbocycles. The fourth-order valence-corrected chi connectivity index (χ4v) is 4.61. The van der Waals surface area contributed by atoms with Gasteiger partial charge in [-0.25, -0.2) is 13.8 Å². The molecule has 0 saturated carbocycles. The van der Waals surface area contributed by atoms with Crippen molar-refractivity contribution in [2.75, 3.05) is 30.2 Å². The first-order valence-electron chi connectivity index (χ1n) is 10.4. The number of nitrogens with one attached hydrogen (secondary N) is 1. The predicted octanol–water partition coefficient (Wildman–Crippen LogP) is 2.84. The number of carbonyl (C=O) groups excluding carboxylic acids is 1. The monoisotopic (exact) mass is 442 g/mol. The maximum absolute atomic E-state index is 12.5. The summed E-state index contributed by atoms with van der Waals surface area (Å²) in [6.45, 7) is 6.12. The fourth-order valence-electron chi connectivity index (χ4n) is 3.70. The van der Waals surface area contributed by atoms with E-state index in [1.165, 1.54) is 5.56 Å². The van der Waals surface area contributed by atoms with Crippen LogP contribution in [0, 0.1) is 13.8 Å². The van der Waals surface area contributed by atoms with E-state index in [1.807, 2.05) is 44.2 Å². The van der Waals surface area contributed by atoms with Crippen LogP contribution in [0.25, 0.3) is 0 Å². The molecule has 1 heterocycles. The van der Waals surface area contributed by atoms with E-state index in [4.69, 9.17) is 0 Å². The van der Waals surface area contributed by atoms with E-state index < -0.39 is 15.9 Å². The molecule has 1 saturated heterocycles. The molecule has 0 atom stereocenters. The van der Waals surface area contributed by atoms with Crippen LogP contribution in [-0.2, 0) is 21.4 Å². The highest BCUT2D eigenvalue weighted by Gasteiger charge is 2.22. The molecular formula is C23H30N4O3S. The first-order chi connectivity index (χ1) is 14.7. The van der Waals surface area contributed by atoms with Gasteiger partial charge in [0, 0.05) is 38.2 Å². The third kappa shape index (κ3) is 6.63. The average molecular weight is 443 g/mol. The van der Waals surface area contributed by atoms with Gasteiger partial charge in [0.25, 0.3) is 5.91 Å². The van der Waals surface area contributed by atoms with Crippen molar-refractivity contribution in [2.24, 2.45) is 5.10 Å². The molecule has 7 nitrogen and oxygen atoms in total. The summed E-state index contributed by atoms with van der Waals surface area (Å²) < 4.78 is 25.7. The highest BCUT2D eigenvalue weighted by molar-refractivity contribution is 7.92. The summed E-state index contributed by atoms with van der Waals surface area (Å²) in [5.74, 6) is -0.454. The summed E-state index contributed by atoms with van der Waals surface area (Å²) in [5.41, 5.74) is 7.09. The summed E-state index contributed by atoms with van der Waals surface area (Å²) in [7, 11) is -3.61. The number of rotatable bonds is 7. The van der Waals surface area contributed by atoms with Crippen LogP contribution in [0.5, 0.6) is 0 Å². The molecule has 0 bridgehead atoms. The van der Waals surface area contributed by atoms with Crippen molar-refractivity contribution >= 4 is 27.3 Å². The van der Waals surface area contributed by atoms with Gasteiger partial charge in [-0.1, -0.05) is 48.0 Å². The van der Waals surface area contributed by atoms with Gasteiger partial charge in [0.05, 0.1) is 11.9 Å². The van der Waals surface area contributed by atoms with Gasteiger partial charge in [-0.2, -0.15) is 5.10 Å². The number of likely N-dealkylation sites (tertiary alicyclic amines) is 1. The molecule has 0 aromatic heterocycles. The Morgan fingerprint density at radius 1 is 1.10 bits per heavy atom. The van der Waals surface area contributed by atoms with Crippen LogP contribution in [0.1, 0.15) is 29.5 Å². The van der Waals surface area contributed by atoms with Crippen molar-refractivity contribution in [3.8, 4) is 0 Å². The van der Waals surface area contributed by atoms with Crippen LogP contribution in [-0.4, -0.2) is 50.8 Å². The molecule has 0 spiro atoms. The molecule has 1 amide bonds. The molecule has 3 rings (SSSR count). The van der Waals surface area contributed by atoms with E-state index in [0.29, 0.717) is 5.69 Å². The van der Waals surface area contributed by atoms with E-state index in [1.54, 1.807) is 6.07 Å². The molecule has 1 fully saturated rings. The molecule has 2 aromatic rings. The molecule has 0 radical (unpaired) electrons. The molecule has 31 heavy (non-hydrogen) atoms. The number of hydrazone groups is 1. The summed E-state index contributed by atoms with van der Waals surface area (Å²) in [5, 5.41) is 4.26. The van der Waals surface area contributed by atoms with Gasteiger partial charge in [0.1, 0.15) is 6.54 Å². The Bertz CT molecular complexity index is 1040. The summed E-state index contributed by atoms with van der Waals surface area (Å²) in [6, 6.07) is 15.8. The zero-order valence-electron chi connectivity index (χ0n) is 18.3. The maximum atomic E-state index is 12.5. The lowest BCUT2D eigenvalue weighted by molar-refractivity contribution is -0.119. The number of aryl methyl sites for hydroxylation is 2. The lowest BCUT2D eigenvalue weighted by atomic mass is 10.1. The van der Waals surface area contributed by atoms with E-state index >= 15 is 0 Å². The molecule has 166 valence electrons. The maximum Gasteiger partial charge on any atom is 0.260 e. The Labute approximate surface area is 184 Å². The second-order valence-corrected chi connectivity index (χ2v) is 9.94. The number of benzene rings is 2. The predicted molar refractivity (Wildman–Crippen MR) is 125 cm³/mol. The zero-order valence-corrected chi connectivity index (χ0v) is 19.2. The molecule has 1 aliphatic heterocycles. The number of nitrogens with zero attached hydrogens (tertiary/aromatic N) is 3. The van der Waals surface area contributed by atoms with Gasteiger partial charge >= 0.3 is 0 Å². The molecule has 1 N–H and O–H groups in total. The summed E-state index contributed by atoms with van der Waals surface area (Å²) >= 11 is 0. The third-order valence-electron chi connectivity index (χ3n) is 5.33. The number of amides is 1. The summed E-state index contributed by atoms with van der Waals surface area (Å²) in [4.78, 5) is 14.8. The Hall–Kier alpha value is -2.71. The third-order valence-corrected chi connectivity index (χ3v) is 6.46. The SMILES string of the molecule is Cc1ccc(N(CC(=O)NN=C2CCN(Cc3ccccc3)CC2)S(C)(=O)=O)c(C)c1. The number of carbonyl (C=O) groups is 1. The second kappa shape index (κ2) is 10.1. The molecule has 0 aliphatic carbocycles. The molecule has 1 aliphatic rings. The minimum absolute atomic E-state index is 0.306. The zero-order chi connectivity index (χ0) is 22.4. The normalized spacial score (nSPS) is 14.9. The highest BCUT2D eigenvalue weighted by atomic mass is 32.2. The van der Waals surface area contributed by atoms with Crippen LogP contribution < -0.4 is 9.73 Å². The quantitative estimate of drug-likeness (QED) is 0.669. The van der Waals surface area contributed by atoms with Crippen LogP contribution in [0.3, 0.4) is 0 Å². The number of sulfonamides is 1. The van der Waals surface area contributed by atoms with E-state index in [2.05, 4.69) is 27.6 Å². The van der Waals surface area contributed by atoms with Crippen molar-refractivity contribution < 1.29 is 13.2 Å². The van der Waals surface area contributed by atoms with Gasteiger partial charge in [0.2, 0.25) is 10.0 Å². The Kier molecular flexibility index (Phi) is 7.46. The van der Waals surface area contributed by atoms with Crippen LogP contribution in [0.4, 0.5) is 5.69 Å². The smallest absolute Gasteiger partial charge is 0.260 e. The summed E-state index contributed by atoms with van der Waals surface area (Å²) in [6.07, 6.45) is 2.66. The van der Waals surface area contributed by atoms with Crippen molar-refractivity contribution in [3.05, 3.63) is 65.2 Å². The van der Waals surface area contributed by atoms with Gasteiger partial charge in [-0.05, 0) is 31.0 Å². The van der Waals surface area contributed by atoms with Gasteiger partial charge in [-0.15, -0.1) is 0 Å². The fraction of sp³-hybridized carbons (Fsp3) is 0.391. The second-order valence-electron chi connectivity index (χ2n) is 8.03. The van der Waals surface area contributed by atoms with E-state index in [0.717, 1.165) is 59.9 Å². The van der Waals surface area contributed by atoms with Crippen LogP contribution in [0.2, 0.25) is 0 Å². The molecular weight excluding hydrogens is 412 g/mol. The number of piperidine rings is 1. The van der Waals surface area contributed by atoms with Crippen LogP contribution in [0.15, 0.2) is 53.6 Å². The number of anilines is 1. The van der Waals surface area contributed by atoms with Crippen molar-refractivity contribution in [1.29, 1.82) is 0 Å². The van der Waals surface area contributed by atoms with Gasteiger partial charge in [-0.3, -0.25) is 14.0 Å². The minimum Gasteiger partial charge on any atom is -0.298 e. The number of hydrogen-bond donors (Lipinski definition) is 1. The number of hydrogen-bond acceptors (Lipinski definition) is 5. The van der Waals surface area contributed by atoms with Crippen molar-refractivity contribution in [1.82, 2.24) is 10.3 Å². The van der Waals surface area contributed by atoms with Gasteiger partial charge < -0.3 is 0 Å². The van der Waals surface area contributed by atoms with Crippen LogP contribution >= 0.6 is 0 Å². The average Bonchev–Trinajstić information content (AvgIpc) is 2.72. The van der Waals surface area contributed by atoms with E-state index in [9.17, 15) is 13.2 Å². The van der Waals surface area contributed by atoms with E-state index in [-0.39, 0.29) is 6.54 Å². The molecule has 8 heteroatoms. The highest BCUT2D eigenvalue weighted by Crippen LogP contribution is 2.23. The molecule has 0 unspecified atom stereocenters. The van der Waals surface area contributed by atoms with Crippen molar-refractivity contribution in [2.45, 2.75) is 33.2 Å². The Morgan fingerprint density at radius 3 is 2.39 bits per heavy atom. The standard InChI is InChI=1S/C23H30N4O3S/c1-18-9-10-22(19(2)15-18)27(31(3,29)30)17-23(28)25-24-21-11-13-26(14-12-21)16-20-7-5-4-6-8-20/h4-10,15H,11-14,16-17H2,1-3H3,(H,25,28). The first kappa shape index (κ1) is 23.0. The largest absolute Gasteiger partial charge is 0.298 e. The lowest BCUT2D eigenvalue weighted by Gasteiger charge is -2.27. The minimum atomic E-state index is -3.61. The topological polar surface area (TPSA) is 82.1 Å². The Morgan fingerprint density at radius 2 is 1.77 bits per heavy atom. The Balaban J connectivity index is 1.56. The lowest BCUT2D eigenvalue weighted by Crippen LogP contribution is -2.40. The van der Waals surface area contributed by atoms with Crippen molar-refractivity contribution in [3.63, 3.8) is 0 Å². The van der Waals surface area contributed by atoms with Gasteiger partial charge in [0.15, 0.2) is 0 Å². The first-order valence-corrected chi connectivity index (χ1v) is 12.2.